The monoisotopic (exact) mass is 597 g/mol. The number of aryl methyl sites for hydroxylation is 2. The van der Waals surface area contributed by atoms with Crippen LogP contribution in [0.4, 0.5) is 11.4 Å². The number of anilines is 2. The maximum Gasteiger partial charge on any atom is 0.253 e. The molecule has 5 rings (SSSR count). The summed E-state index contributed by atoms with van der Waals surface area (Å²) in [6.45, 7) is 15.7. The molecule has 0 atom stereocenters. The van der Waals surface area contributed by atoms with Crippen molar-refractivity contribution < 1.29 is 9.59 Å². The minimum atomic E-state index is -0.264. The Morgan fingerprint density at radius 1 is 0.932 bits per heavy atom. The van der Waals surface area contributed by atoms with Crippen molar-refractivity contribution in [3.05, 3.63) is 80.8 Å². The SMILES string of the molecule is CCN1CCN(c2ccc(-c3cc(C(=O)NCc4c(C)cc(C)[nH]c4=O)c(C)c(N(CC)C(=O)C4CCCC4)c3)cc2)CC1. The first-order valence-corrected chi connectivity index (χ1v) is 16.2. The quantitative estimate of drug-likeness (QED) is 0.336. The molecule has 1 saturated heterocycles. The van der Waals surface area contributed by atoms with E-state index in [2.05, 4.69) is 57.4 Å². The van der Waals surface area contributed by atoms with Crippen molar-refractivity contribution in [1.29, 1.82) is 0 Å². The fraction of sp³-hybridized carbons (Fsp3) is 0.472. The highest BCUT2D eigenvalue weighted by molar-refractivity contribution is 6.02. The molecular formula is C36H47N5O3. The van der Waals surface area contributed by atoms with Gasteiger partial charge in [-0.3, -0.25) is 14.4 Å². The van der Waals surface area contributed by atoms with Crippen LogP contribution in [-0.4, -0.2) is 61.0 Å². The zero-order valence-electron chi connectivity index (χ0n) is 27.0. The van der Waals surface area contributed by atoms with Crippen molar-refractivity contribution in [2.45, 2.75) is 66.8 Å². The van der Waals surface area contributed by atoms with Gasteiger partial charge in [0.1, 0.15) is 0 Å². The molecule has 2 aromatic carbocycles. The lowest BCUT2D eigenvalue weighted by atomic mass is 9.95. The molecule has 234 valence electrons. The summed E-state index contributed by atoms with van der Waals surface area (Å²) in [5, 5.41) is 2.99. The number of aromatic nitrogens is 1. The summed E-state index contributed by atoms with van der Waals surface area (Å²) < 4.78 is 0. The number of rotatable bonds is 9. The van der Waals surface area contributed by atoms with E-state index in [1.807, 2.05) is 44.7 Å². The van der Waals surface area contributed by atoms with Gasteiger partial charge < -0.3 is 25.0 Å². The summed E-state index contributed by atoms with van der Waals surface area (Å²) in [5.74, 6) is -0.0984. The molecule has 0 unspecified atom stereocenters. The van der Waals surface area contributed by atoms with Gasteiger partial charge in [0.25, 0.3) is 11.5 Å². The van der Waals surface area contributed by atoms with Crippen LogP contribution in [0.1, 0.15) is 72.3 Å². The molecule has 0 bridgehead atoms. The summed E-state index contributed by atoms with van der Waals surface area (Å²) in [6, 6.07) is 14.4. The van der Waals surface area contributed by atoms with E-state index >= 15 is 0 Å². The minimum absolute atomic E-state index is 0.0268. The second-order valence-corrected chi connectivity index (χ2v) is 12.3. The van der Waals surface area contributed by atoms with Crippen molar-refractivity contribution >= 4 is 23.2 Å². The van der Waals surface area contributed by atoms with Crippen LogP contribution in [0.3, 0.4) is 0 Å². The summed E-state index contributed by atoms with van der Waals surface area (Å²) in [5.41, 5.74) is 7.10. The second kappa shape index (κ2) is 13.8. The molecule has 1 aliphatic heterocycles. The molecule has 2 amide bonds. The fourth-order valence-electron chi connectivity index (χ4n) is 6.77. The largest absolute Gasteiger partial charge is 0.369 e. The second-order valence-electron chi connectivity index (χ2n) is 12.3. The van der Waals surface area contributed by atoms with Crippen molar-refractivity contribution in [3.8, 4) is 11.1 Å². The Morgan fingerprint density at radius 3 is 2.23 bits per heavy atom. The number of nitrogens with one attached hydrogen (secondary N) is 2. The van der Waals surface area contributed by atoms with Crippen molar-refractivity contribution in [2.24, 2.45) is 5.92 Å². The van der Waals surface area contributed by atoms with Crippen LogP contribution in [-0.2, 0) is 11.3 Å². The number of hydrogen-bond acceptors (Lipinski definition) is 5. The summed E-state index contributed by atoms with van der Waals surface area (Å²) in [7, 11) is 0. The molecule has 1 saturated carbocycles. The molecule has 1 aliphatic carbocycles. The highest BCUT2D eigenvalue weighted by Crippen LogP contribution is 2.35. The molecule has 2 fully saturated rings. The zero-order chi connectivity index (χ0) is 31.4. The average molecular weight is 598 g/mol. The van der Waals surface area contributed by atoms with Crippen LogP contribution in [0.5, 0.6) is 0 Å². The molecule has 8 heteroatoms. The van der Waals surface area contributed by atoms with E-state index in [9.17, 15) is 14.4 Å². The van der Waals surface area contributed by atoms with Crippen LogP contribution < -0.4 is 20.7 Å². The molecule has 0 spiro atoms. The lowest BCUT2D eigenvalue weighted by Crippen LogP contribution is -2.46. The van der Waals surface area contributed by atoms with Gasteiger partial charge in [-0.2, -0.15) is 0 Å². The average Bonchev–Trinajstić information content (AvgIpc) is 3.57. The van der Waals surface area contributed by atoms with E-state index in [0.29, 0.717) is 17.7 Å². The Hall–Kier alpha value is -3.91. The van der Waals surface area contributed by atoms with Gasteiger partial charge in [0.05, 0.1) is 0 Å². The summed E-state index contributed by atoms with van der Waals surface area (Å²) in [6.07, 6.45) is 4.00. The van der Waals surface area contributed by atoms with Crippen LogP contribution >= 0.6 is 0 Å². The number of H-pyrrole nitrogens is 1. The number of nitrogens with zero attached hydrogens (tertiary/aromatic N) is 3. The summed E-state index contributed by atoms with van der Waals surface area (Å²) in [4.78, 5) is 49.7. The third-order valence-corrected chi connectivity index (χ3v) is 9.51. The fourth-order valence-corrected chi connectivity index (χ4v) is 6.77. The molecule has 2 N–H and O–H groups in total. The highest BCUT2D eigenvalue weighted by Gasteiger charge is 2.29. The van der Waals surface area contributed by atoms with Crippen molar-refractivity contribution in [1.82, 2.24) is 15.2 Å². The normalized spacial score (nSPS) is 15.9. The van der Waals surface area contributed by atoms with Gasteiger partial charge in [0.15, 0.2) is 0 Å². The van der Waals surface area contributed by atoms with Gasteiger partial charge in [-0.15, -0.1) is 0 Å². The molecule has 8 nitrogen and oxygen atoms in total. The number of pyridine rings is 1. The number of carbonyl (C=O) groups excluding carboxylic acids is 2. The van der Waals surface area contributed by atoms with Crippen LogP contribution in [0.25, 0.3) is 11.1 Å². The lowest BCUT2D eigenvalue weighted by molar-refractivity contribution is -0.122. The molecule has 2 heterocycles. The highest BCUT2D eigenvalue weighted by atomic mass is 16.2. The zero-order valence-corrected chi connectivity index (χ0v) is 27.0. The Labute approximate surface area is 261 Å². The van der Waals surface area contributed by atoms with E-state index in [1.165, 1.54) is 5.69 Å². The van der Waals surface area contributed by atoms with E-state index in [-0.39, 0.29) is 29.8 Å². The van der Waals surface area contributed by atoms with Gasteiger partial charge in [-0.25, -0.2) is 0 Å². The standard InChI is InChI=1S/C36H47N5O3/c1-6-39-16-18-40(19-17-39)30-14-12-27(13-15-30)29-21-31(34(42)37-23-32-24(3)20-25(4)38-35(32)43)26(5)33(22-29)41(7-2)36(44)28-10-8-9-11-28/h12-15,20-22,28H,6-11,16-19,23H2,1-5H3,(H,37,42)(H,38,43). The van der Waals surface area contributed by atoms with E-state index in [1.54, 1.807) is 0 Å². The third-order valence-electron chi connectivity index (χ3n) is 9.51. The number of amides is 2. The summed E-state index contributed by atoms with van der Waals surface area (Å²) >= 11 is 0. The number of piperazine rings is 1. The van der Waals surface area contributed by atoms with Gasteiger partial charge in [-0.05, 0) is 99.7 Å². The van der Waals surface area contributed by atoms with Crippen LogP contribution in [0, 0.1) is 26.7 Å². The predicted octanol–water partition coefficient (Wildman–Crippen LogP) is 5.58. The third kappa shape index (κ3) is 6.75. The number of aromatic amines is 1. The first kappa shape index (κ1) is 31.5. The van der Waals surface area contributed by atoms with Crippen molar-refractivity contribution in [2.75, 3.05) is 49.1 Å². The van der Waals surface area contributed by atoms with Crippen LogP contribution in [0.2, 0.25) is 0 Å². The minimum Gasteiger partial charge on any atom is -0.369 e. The van der Waals surface area contributed by atoms with Gasteiger partial charge >= 0.3 is 0 Å². The van der Waals surface area contributed by atoms with Gasteiger partial charge in [0, 0.05) is 73.4 Å². The first-order valence-electron chi connectivity index (χ1n) is 16.2. The van der Waals surface area contributed by atoms with E-state index in [0.717, 1.165) is 92.0 Å². The molecule has 1 aromatic heterocycles. The molecule has 44 heavy (non-hydrogen) atoms. The van der Waals surface area contributed by atoms with E-state index in [4.69, 9.17) is 0 Å². The topological polar surface area (TPSA) is 88.8 Å². The smallest absolute Gasteiger partial charge is 0.253 e. The first-order chi connectivity index (χ1) is 21.2. The Morgan fingerprint density at radius 2 is 1.61 bits per heavy atom. The maximum atomic E-state index is 13.8. The van der Waals surface area contributed by atoms with Gasteiger partial charge in [0.2, 0.25) is 5.91 Å². The van der Waals surface area contributed by atoms with Gasteiger partial charge in [-0.1, -0.05) is 31.9 Å². The Balaban J connectivity index is 1.48. The van der Waals surface area contributed by atoms with Crippen molar-refractivity contribution in [3.63, 3.8) is 0 Å². The lowest BCUT2D eigenvalue weighted by Gasteiger charge is -2.35. The molecule has 0 radical (unpaired) electrons. The molecule has 3 aromatic rings. The van der Waals surface area contributed by atoms with E-state index < -0.39 is 0 Å². The number of benzene rings is 2. The number of likely N-dealkylation sites (N-methyl/N-ethyl adjacent to an activating group) is 1. The van der Waals surface area contributed by atoms with Crippen LogP contribution in [0.15, 0.2) is 47.3 Å². The Bertz CT molecular complexity index is 1550. The molecule has 2 aliphatic rings. The molecular weight excluding hydrogens is 550 g/mol. The Kier molecular flexibility index (Phi) is 9.89. The maximum absolute atomic E-state index is 13.8. The number of hydrogen-bond donors (Lipinski definition) is 2. The number of carbonyl (C=O) groups is 2. The predicted molar refractivity (Wildman–Crippen MR) is 179 cm³/mol.